The predicted molar refractivity (Wildman–Crippen MR) is 70.6 cm³/mol. The lowest BCUT2D eigenvalue weighted by molar-refractivity contribution is 0.0131. The van der Waals surface area contributed by atoms with Crippen LogP contribution in [0.2, 0.25) is 0 Å². The van der Waals surface area contributed by atoms with Gasteiger partial charge < -0.3 is 20.6 Å². The van der Waals surface area contributed by atoms with Crippen molar-refractivity contribution >= 4 is 21.9 Å². The summed E-state index contributed by atoms with van der Waals surface area (Å²) in [4.78, 5) is 11.1. The monoisotopic (exact) mass is 317 g/mol. The summed E-state index contributed by atoms with van der Waals surface area (Å²) in [7, 11) is 1.74. The number of benzene rings is 1. The molecule has 5 nitrogen and oxygen atoms in total. The first-order valence-corrected chi connectivity index (χ1v) is 6.30. The molecule has 1 aromatic carbocycles. The third-order valence-electron chi connectivity index (χ3n) is 2.62. The van der Waals surface area contributed by atoms with Crippen molar-refractivity contribution in [2.45, 2.75) is 18.6 Å². The van der Waals surface area contributed by atoms with E-state index in [1.165, 1.54) is 12.1 Å². The summed E-state index contributed by atoms with van der Waals surface area (Å²) in [5.41, 5.74) is 0.203. The molecule has 0 heterocycles. The van der Waals surface area contributed by atoms with Crippen LogP contribution in [-0.4, -0.2) is 41.0 Å². The van der Waals surface area contributed by atoms with Crippen molar-refractivity contribution in [2.75, 3.05) is 13.6 Å². The minimum atomic E-state index is -1.21. The van der Waals surface area contributed by atoms with Crippen LogP contribution in [0.4, 0.5) is 0 Å². The van der Waals surface area contributed by atoms with Crippen LogP contribution in [0.25, 0.3) is 0 Å². The largest absolute Gasteiger partial charge is 0.478 e. The summed E-state index contributed by atoms with van der Waals surface area (Å²) in [5.74, 6) is -1.13. The number of carboxylic acid groups (broad SMARTS) is 1. The molecule has 0 saturated heterocycles. The highest BCUT2D eigenvalue weighted by Crippen LogP contribution is 2.25. The Morgan fingerprint density at radius 1 is 1.44 bits per heavy atom. The Labute approximate surface area is 114 Å². The summed E-state index contributed by atoms with van der Waals surface area (Å²) in [6, 6.07) is 4.54. The molecule has 0 aromatic heterocycles. The summed E-state index contributed by atoms with van der Waals surface area (Å²) < 4.78 is 0.612. The van der Waals surface area contributed by atoms with Gasteiger partial charge in [-0.1, -0.05) is 22.0 Å². The molecule has 0 aliphatic rings. The molecule has 100 valence electrons. The van der Waals surface area contributed by atoms with Gasteiger partial charge in [-0.2, -0.15) is 0 Å². The average molecular weight is 318 g/mol. The highest BCUT2D eigenvalue weighted by Gasteiger charge is 2.23. The molecule has 0 saturated carbocycles. The van der Waals surface area contributed by atoms with E-state index in [-0.39, 0.29) is 11.1 Å². The number of nitrogens with one attached hydrogen (secondary N) is 1. The van der Waals surface area contributed by atoms with Gasteiger partial charge in [0.2, 0.25) is 0 Å². The fourth-order valence-electron chi connectivity index (χ4n) is 1.63. The summed E-state index contributed by atoms with van der Waals surface area (Å²) in [5, 5.41) is 31.7. The van der Waals surface area contributed by atoms with Gasteiger partial charge in [-0.05, 0) is 37.7 Å². The molecule has 2 unspecified atom stereocenters. The van der Waals surface area contributed by atoms with Crippen molar-refractivity contribution in [3.8, 4) is 0 Å². The zero-order valence-corrected chi connectivity index (χ0v) is 11.5. The molecule has 4 N–H and O–H groups in total. The zero-order valence-electron chi connectivity index (χ0n) is 9.93. The zero-order chi connectivity index (χ0) is 13.7. The van der Waals surface area contributed by atoms with Gasteiger partial charge in [0.1, 0.15) is 6.10 Å². The molecular formula is C12H16BrNO4. The maximum atomic E-state index is 11.1. The second-order valence-corrected chi connectivity index (χ2v) is 4.86. The van der Waals surface area contributed by atoms with E-state index in [1.54, 1.807) is 13.1 Å². The number of hydrogen-bond acceptors (Lipinski definition) is 4. The van der Waals surface area contributed by atoms with Gasteiger partial charge in [-0.3, -0.25) is 0 Å². The second-order valence-electron chi connectivity index (χ2n) is 3.94. The lowest BCUT2D eigenvalue weighted by Gasteiger charge is -2.19. The van der Waals surface area contributed by atoms with Crippen LogP contribution in [0.3, 0.4) is 0 Å². The van der Waals surface area contributed by atoms with Crippen molar-refractivity contribution in [1.82, 2.24) is 5.32 Å². The van der Waals surface area contributed by atoms with Gasteiger partial charge in [0.25, 0.3) is 0 Å². The van der Waals surface area contributed by atoms with Crippen LogP contribution in [0.1, 0.15) is 28.4 Å². The van der Waals surface area contributed by atoms with Crippen LogP contribution >= 0.6 is 15.9 Å². The lowest BCUT2D eigenvalue weighted by Crippen LogP contribution is -2.24. The third kappa shape index (κ3) is 3.78. The minimum Gasteiger partial charge on any atom is -0.478 e. The molecule has 1 aromatic rings. The van der Waals surface area contributed by atoms with Crippen molar-refractivity contribution in [1.29, 1.82) is 0 Å². The van der Waals surface area contributed by atoms with Crippen LogP contribution < -0.4 is 5.32 Å². The van der Waals surface area contributed by atoms with Crippen LogP contribution in [-0.2, 0) is 0 Å². The van der Waals surface area contributed by atoms with E-state index in [4.69, 9.17) is 5.11 Å². The van der Waals surface area contributed by atoms with Gasteiger partial charge in [0.15, 0.2) is 0 Å². The Hall–Kier alpha value is -0.950. The Bertz CT molecular complexity index is 425. The smallest absolute Gasteiger partial charge is 0.336 e. The lowest BCUT2D eigenvalue weighted by atomic mass is 9.97. The molecule has 2 atom stereocenters. The summed E-state index contributed by atoms with van der Waals surface area (Å²) in [6.07, 6.45) is -1.87. The molecule has 0 bridgehead atoms. The first-order chi connectivity index (χ1) is 8.47. The van der Waals surface area contributed by atoms with E-state index in [9.17, 15) is 15.0 Å². The normalized spacial score (nSPS) is 14.2. The summed E-state index contributed by atoms with van der Waals surface area (Å²) in [6.45, 7) is 0.539. The standard InChI is InChI=1S/C12H16BrNO4/c1-14-5-4-10(15)11(16)8-3-2-7(13)6-9(8)12(17)18/h2-3,6,10-11,14-16H,4-5H2,1H3,(H,17,18). The SMILES string of the molecule is CNCCC(O)C(O)c1ccc(Br)cc1C(=O)O. The number of carbonyl (C=O) groups is 1. The Morgan fingerprint density at radius 2 is 2.11 bits per heavy atom. The molecular weight excluding hydrogens is 302 g/mol. The fourth-order valence-corrected chi connectivity index (χ4v) is 1.99. The van der Waals surface area contributed by atoms with Gasteiger partial charge in [0, 0.05) is 4.47 Å². The van der Waals surface area contributed by atoms with Gasteiger partial charge in [-0.15, -0.1) is 0 Å². The van der Waals surface area contributed by atoms with Gasteiger partial charge >= 0.3 is 5.97 Å². The molecule has 0 aliphatic heterocycles. The number of hydrogen-bond donors (Lipinski definition) is 4. The van der Waals surface area contributed by atoms with Crippen LogP contribution in [0.15, 0.2) is 22.7 Å². The van der Waals surface area contributed by atoms with E-state index in [1.807, 2.05) is 0 Å². The average Bonchev–Trinajstić information content (AvgIpc) is 2.34. The van der Waals surface area contributed by atoms with Crippen molar-refractivity contribution in [3.63, 3.8) is 0 Å². The van der Waals surface area contributed by atoms with E-state index >= 15 is 0 Å². The molecule has 6 heteroatoms. The van der Waals surface area contributed by atoms with Crippen molar-refractivity contribution in [3.05, 3.63) is 33.8 Å². The number of carboxylic acids is 1. The van der Waals surface area contributed by atoms with Crippen molar-refractivity contribution < 1.29 is 20.1 Å². The second kappa shape index (κ2) is 6.84. The number of rotatable bonds is 6. The van der Waals surface area contributed by atoms with E-state index in [2.05, 4.69) is 21.2 Å². The van der Waals surface area contributed by atoms with Gasteiger partial charge in [0.05, 0.1) is 11.7 Å². The molecule has 0 fully saturated rings. The molecule has 0 radical (unpaired) electrons. The molecule has 0 spiro atoms. The van der Waals surface area contributed by atoms with Crippen molar-refractivity contribution in [2.24, 2.45) is 0 Å². The molecule has 0 aliphatic carbocycles. The minimum absolute atomic E-state index is 0.0135. The highest BCUT2D eigenvalue weighted by molar-refractivity contribution is 9.10. The number of halogens is 1. The number of aliphatic hydroxyl groups excluding tert-OH is 2. The number of aromatic carboxylic acids is 1. The Balaban J connectivity index is 2.97. The topological polar surface area (TPSA) is 89.8 Å². The van der Waals surface area contributed by atoms with E-state index in [0.29, 0.717) is 17.4 Å². The Morgan fingerprint density at radius 3 is 2.67 bits per heavy atom. The van der Waals surface area contributed by atoms with Gasteiger partial charge in [-0.25, -0.2) is 4.79 Å². The van der Waals surface area contributed by atoms with E-state index in [0.717, 1.165) is 0 Å². The summed E-state index contributed by atoms with van der Waals surface area (Å²) >= 11 is 3.18. The first kappa shape index (κ1) is 15.1. The van der Waals surface area contributed by atoms with Crippen LogP contribution in [0, 0.1) is 0 Å². The predicted octanol–water partition coefficient (Wildman–Crippen LogP) is 1.15. The quantitative estimate of drug-likeness (QED) is 0.632. The Kier molecular flexibility index (Phi) is 5.74. The molecule has 1 rings (SSSR count). The first-order valence-electron chi connectivity index (χ1n) is 5.50. The van der Waals surface area contributed by atoms with E-state index < -0.39 is 18.2 Å². The highest BCUT2D eigenvalue weighted by atomic mass is 79.9. The number of aliphatic hydroxyl groups is 2. The third-order valence-corrected chi connectivity index (χ3v) is 3.11. The maximum absolute atomic E-state index is 11.1. The molecule has 18 heavy (non-hydrogen) atoms. The maximum Gasteiger partial charge on any atom is 0.336 e. The fraction of sp³-hybridized carbons (Fsp3) is 0.417. The molecule has 0 amide bonds. The van der Waals surface area contributed by atoms with Crippen LogP contribution in [0.5, 0.6) is 0 Å².